The van der Waals surface area contributed by atoms with Crippen molar-refractivity contribution in [2.45, 2.75) is 12.5 Å². The fourth-order valence-electron chi connectivity index (χ4n) is 3.87. The summed E-state index contributed by atoms with van der Waals surface area (Å²) in [6.07, 6.45) is 1.01. The number of aromatic hydroxyl groups is 1. The van der Waals surface area contributed by atoms with Crippen LogP contribution in [-0.4, -0.2) is 54.0 Å². The van der Waals surface area contributed by atoms with Gasteiger partial charge in [-0.25, -0.2) is 0 Å². The summed E-state index contributed by atoms with van der Waals surface area (Å²) < 4.78 is 0. The van der Waals surface area contributed by atoms with Crippen LogP contribution in [0.3, 0.4) is 0 Å². The third-order valence-corrected chi connectivity index (χ3v) is 5.51. The number of fused-ring (bicyclic) bond motifs is 1. The zero-order valence-electron chi connectivity index (χ0n) is 15.7. The van der Waals surface area contributed by atoms with E-state index in [0.29, 0.717) is 11.6 Å². The number of phenolic OH excluding ortho intramolecular Hbond substituents is 1. The summed E-state index contributed by atoms with van der Waals surface area (Å²) in [5, 5.41) is 12.5. The first-order valence-electron chi connectivity index (χ1n) is 9.31. The second-order valence-corrected chi connectivity index (χ2v) is 7.42. The van der Waals surface area contributed by atoms with Crippen molar-refractivity contribution < 1.29 is 9.90 Å². The van der Waals surface area contributed by atoms with Gasteiger partial charge in [-0.15, -0.1) is 0 Å². The maximum atomic E-state index is 12.8. The van der Waals surface area contributed by atoms with Crippen LogP contribution in [-0.2, 0) is 0 Å². The second-order valence-electron chi connectivity index (χ2n) is 7.42. The van der Waals surface area contributed by atoms with Crippen LogP contribution in [0.5, 0.6) is 5.75 Å². The number of hydrogen-bond acceptors (Lipinski definition) is 3. The summed E-state index contributed by atoms with van der Waals surface area (Å²) >= 11 is 0. The quantitative estimate of drug-likeness (QED) is 0.768. The Kier molecular flexibility index (Phi) is 4.58. The number of likely N-dealkylation sites (tertiary alicyclic amines) is 1. The van der Waals surface area contributed by atoms with E-state index in [1.807, 2.05) is 59.5 Å². The highest BCUT2D eigenvalue weighted by Crippen LogP contribution is 2.36. The van der Waals surface area contributed by atoms with Crippen LogP contribution in [0.2, 0.25) is 0 Å². The van der Waals surface area contributed by atoms with Gasteiger partial charge in [-0.1, -0.05) is 42.5 Å². The Bertz CT molecular complexity index is 979. The van der Waals surface area contributed by atoms with Gasteiger partial charge in [-0.05, 0) is 55.1 Å². The van der Waals surface area contributed by atoms with E-state index in [9.17, 15) is 9.90 Å². The number of benzene rings is 3. The predicted octanol–water partition coefficient (Wildman–Crippen LogP) is 3.99. The zero-order chi connectivity index (χ0) is 19.0. The number of amides is 1. The molecule has 3 aromatic rings. The van der Waals surface area contributed by atoms with Crippen molar-refractivity contribution >= 4 is 16.7 Å². The summed E-state index contributed by atoms with van der Waals surface area (Å²) in [4.78, 5) is 16.9. The van der Waals surface area contributed by atoms with E-state index in [4.69, 9.17) is 0 Å². The molecule has 1 saturated heterocycles. The number of phenols is 1. The molecule has 0 radical (unpaired) electrons. The van der Waals surface area contributed by atoms with Crippen molar-refractivity contribution in [2.75, 3.05) is 27.2 Å². The molecule has 0 bridgehead atoms. The minimum Gasteiger partial charge on any atom is -0.507 e. The molecule has 27 heavy (non-hydrogen) atoms. The summed E-state index contributed by atoms with van der Waals surface area (Å²) in [7, 11) is 4.12. The molecular weight excluding hydrogens is 336 g/mol. The maximum Gasteiger partial charge on any atom is 0.253 e. The molecular formula is C23H24N2O2. The fourth-order valence-corrected chi connectivity index (χ4v) is 3.87. The molecule has 1 unspecified atom stereocenters. The monoisotopic (exact) mass is 360 g/mol. The number of hydrogen-bond donors (Lipinski definition) is 1. The lowest BCUT2D eigenvalue weighted by atomic mass is 9.96. The van der Waals surface area contributed by atoms with Crippen molar-refractivity contribution in [3.63, 3.8) is 0 Å². The molecule has 1 atom stereocenters. The van der Waals surface area contributed by atoms with E-state index < -0.39 is 0 Å². The molecule has 0 saturated carbocycles. The van der Waals surface area contributed by atoms with Crippen LogP contribution >= 0.6 is 0 Å². The van der Waals surface area contributed by atoms with E-state index in [-0.39, 0.29) is 11.7 Å². The molecule has 0 aliphatic carbocycles. The van der Waals surface area contributed by atoms with Crippen LogP contribution in [0.1, 0.15) is 16.8 Å². The third-order valence-electron chi connectivity index (χ3n) is 5.51. The van der Waals surface area contributed by atoms with Crippen LogP contribution < -0.4 is 0 Å². The average Bonchev–Trinajstić information content (AvgIpc) is 3.18. The highest BCUT2D eigenvalue weighted by atomic mass is 16.3. The maximum absolute atomic E-state index is 12.8. The number of rotatable bonds is 3. The SMILES string of the molecule is CN(C)C1CCN(C(=O)c2ccc(-c3c(O)ccc4ccccc34)cc2)C1. The zero-order valence-corrected chi connectivity index (χ0v) is 15.7. The Morgan fingerprint density at radius 3 is 2.48 bits per heavy atom. The van der Waals surface area contributed by atoms with E-state index >= 15 is 0 Å². The van der Waals surface area contributed by atoms with E-state index in [1.54, 1.807) is 6.07 Å². The lowest BCUT2D eigenvalue weighted by Crippen LogP contribution is -2.34. The number of carbonyl (C=O) groups is 1. The molecule has 138 valence electrons. The van der Waals surface area contributed by atoms with Crippen LogP contribution in [0, 0.1) is 0 Å². The Morgan fingerprint density at radius 2 is 1.78 bits per heavy atom. The first-order valence-corrected chi connectivity index (χ1v) is 9.31. The van der Waals surface area contributed by atoms with Gasteiger partial charge < -0.3 is 14.9 Å². The smallest absolute Gasteiger partial charge is 0.253 e. The van der Waals surface area contributed by atoms with Crippen molar-refractivity contribution in [3.05, 3.63) is 66.2 Å². The molecule has 4 rings (SSSR count). The minimum absolute atomic E-state index is 0.0769. The van der Waals surface area contributed by atoms with E-state index in [2.05, 4.69) is 19.0 Å². The molecule has 4 heteroatoms. The Balaban J connectivity index is 1.62. The highest BCUT2D eigenvalue weighted by Gasteiger charge is 2.28. The lowest BCUT2D eigenvalue weighted by Gasteiger charge is -2.20. The van der Waals surface area contributed by atoms with Gasteiger partial charge in [0.2, 0.25) is 0 Å². The van der Waals surface area contributed by atoms with Gasteiger partial charge in [0.25, 0.3) is 5.91 Å². The Labute approximate surface area is 159 Å². The van der Waals surface area contributed by atoms with Crippen LogP contribution in [0.25, 0.3) is 21.9 Å². The molecule has 1 amide bonds. The lowest BCUT2D eigenvalue weighted by molar-refractivity contribution is 0.0783. The normalized spacial score (nSPS) is 17.0. The molecule has 4 nitrogen and oxygen atoms in total. The molecule has 0 aromatic heterocycles. The molecule has 1 heterocycles. The van der Waals surface area contributed by atoms with Gasteiger partial charge in [-0.3, -0.25) is 4.79 Å². The molecule has 0 spiro atoms. The number of nitrogens with zero attached hydrogens (tertiary/aromatic N) is 2. The summed E-state index contributed by atoms with van der Waals surface area (Å²) in [5.74, 6) is 0.328. The van der Waals surface area contributed by atoms with E-state index in [1.165, 1.54) is 0 Å². The largest absolute Gasteiger partial charge is 0.507 e. The van der Waals surface area contributed by atoms with Gasteiger partial charge in [-0.2, -0.15) is 0 Å². The third kappa shape index (κ3) is 3.28. The van der Waals surface area contributed by atoms with Gasteiger partial charge in [0, 0.05) is 30.3 Å². The molecule has 1 aliphatic heterocycles. The highest BCUT2D eigenvalue weighted by molar-refractivity contribution is 6.00. The molecule has 3 aromatic carbocycles. The van der Waals surface area contributed by atoms with Crippen LogP contribution in [0.15, 0.2) is 60.7 Å². The first-order chi connectivity index (χ1) is 13.0. The van der Waals surface area contributed by atoms with Crippen molar-refractivity contribution in [1.29, 1.82) is 0 Å². The summed E-state index contributed by atoms with van der Waals surface area (Å²) in [6.45, 7) is 1.57. The van der Waals surface area contributed by atoms with E-state index in [0.717, 1.165) is 41.4 Å². The van der Waals surface area contributed by atoms with Crippen molar-refractivity contribution in [3.8, 4) is 16.9 Å². The molecule has 1 N–H and O–H groups in total. The second kappa shape index (κ2) is 7.05. The van der Waals surface area contributed by atoms with Gasteiger partial charge >= 0.3 is 0 Å². The first kappa shape index (κ1) is 17.6. The average molecular weight is 360 g/mol. The predicted molar refractivity (Wildman–Crippen MR) is 109 cm³/mol. The number of likely N-dealkylation sites (N-methyl/N-ethyl adjacent to an activating group) is 1. The van der Waals surface area contributed by atoms with Crippen molar-refractivity contribution in [1.82, 2.24) is 9.80 Å². The standard InChI is InChI=1S/C23H24N2O2/c1-24(2)19-13-14-25(15-19)23(27)18-9-7-17(8-10-18)22-20-6-4-3-5-16(20)11-12-21(22)26/h3-12,19,26H,13-15H2,1-2H3. The van der Waals surface area contributed by atoms with Gasteiger partial charge in [0.05, 0.1) is 0 Å². The molecule has 1 aliphatic rings. The summed E-state index contributed by atoms with van der Waals surface area (Å²) in [5.41, 5.74) is 2.41. The van der Waals surface area contributed by atoms with Gasteiger partial charge in [0.15, 0.2) is 0 Å². The Morgan fingerprint density at radius 1 is 1.04 bits per heavy atom. The minimum atomic E-state index is 0.0769. The van der Waals surface area contributed by atoms with Gasteiger partial charge in [0.1, 0.15) is 5.75 Å². The topological polar surface area (TPSA) is 43.8 Å². The molecule has 1 fully saturated rings. The summed E-state index contributed by atoms with van der Waals surface area (Å²) in [6, 6.07) is 19.6. The Hall–Kier alpha value is -2.85. The fraction of sp³-hybridized carbons (Fsp3) is 0.261. The number of carbonyl (C=O) groups excluding carboxylic acids is 1. The van der Waals surface area contributed by atoms with Crippen LogP contribution in [0.4, 0.5) is 0 Å². The van der Waals surface area contributed by atoms with Crippen molar-refractivity contribution in [2.24, 2.45) is 0 Å².